The van der Waals surface area contributed by atoms with Crippen molar-refractivity contribution in [1.29, 1.82) is 0 Å². The Morgan fingerprint density at radius 1 is 0.706 bits per heavy atom. The number of para-hydroxylation sites is 1. The molecule has 0 radical (unpaired) electrons. The number of likely N-dealkylation sites (N-methyl/N-ethyl adjacent to an activating group) is 1. The minimum atomic E-state index is 0.0403. The van der Waals surface area contributed by atoms with E-state index in [9.17, 15) is 0 Å². The van der Waals surface area contributed by atoms with Crippen LogP contribution in [-0.4, -0.2) is 37.8 Å². The molecule has 3 aromatic rings. The first kappa shape index (κ1) is 25.6. The molecule has 3 rings (SSSR count). The summed E-state index contributed by atoms with van der Waals surface area (Å²) in [4.78, 5) is 2.40. The molecule has 3 aromatic carbocycles. The van der Waals surface area contributed by atoms with E-state index >= 15 is 0 Å². The average molecular weight is 462 g/mol. The van der Waals surface area contributed by atoms with Crippen molar-refractivity contribution in [3.8, 4) is 17.2 Å². The molecule has 0 bridgehead atoms. The van der Waals surface area contributed by atoms with Gasteiger partial charge in [0.15, 0.2) is 11.5 Å². The lowest BCUT2D eigenvalue weighted by Crippen LogP contribution is -2.28. The Kier molecular flexibility index (Phi) is 9.00. The maximum Gasteiger partial charge on any atom is 0.165 e. The molecule has 0 amide bonds. The molecule has 0 saturated carbocycles. The van der Waals surface area contributed by atoms with Crippen LogP contribution in [0.3, 0.4) is 0 Å². The molecule has 182 valence electrons. The first-order chi connectivity index (χ1) is 16.3. The molecule has 0 aliphatic carbocycles. The largest absolute Gasteiger partial charge is 0.493 e. The number of nitrogens with zero attached hydrogens (tertiary/aromatic N) is 1. The molecular weight excluding hydrogens is 422 g/mol. The zero-order valence-electron chi connectivity index (χ0n) is 21.6. The standard InChI is InChI=1S/C30H39NO3/c1-21(2)33-26-18-16-25(17-19-26)28(20-31(6)23(5)24-12-9-8-10-13-24)27-14-11-15-29(32-7)30(27)34-22(3)4/h8-19,21-23,28H,20H2,1-7H3/t23-,28+/m1/s1. The summed E-state index contributed by atoms with van der Waals surface area (Å²) in [5, 5.41) is 0. The number of benzene rings is 3. The third kappa shape index (κ3) is 6.54. The highest BCUT2D eigenvalue weighted by Crippen LogP contribution is 2.40. The van der Waals surface area contributed by atoms with E-state index in [2.05, 4.69) is 79.5 Å². The van der Waals surface area contributed by atoms with Crippen LogP contribution in [-0.2, 0) is 0 Å². The molecule has 0 heterocycles. The third-order valence-electron chi connectivity index (χ3n) is 6.03. The lowest BCUT2D eigenvalue weighted by atomic mass is 9.89. The van der Waals surface area contributed by atoms with Crippen LogP contribution in [0.15, 0.2) is 72.8 Å². The summed E-state index contributed by atoms with van der Waals surface area (Å²) in [6.07, 6.45) is 0.183. The van der Waals surface area contributed by atoms with E-state index in [1.165, 1.54) is 11.1 Å². The van der Waals surface area contributed by atoms with Crippen molar-refractivity contribution in [2.75, 3.05) is 20.7 Å². The van der Waals surface area contributed by atoms with Crippen LogP contribution in [0.4, 0.5) is 0 Å². The van der Waals surface area contributed by atoms with Crippen LogP contribution in [0.1, 0.15) is 63.3 Å². The van der Waals surface area contributed by atoms with Crippen molar-refractivity contribution in [2.45, 2.75) is 58.8 Å². The molecule has 0 spiro atoms. The number of ether oxygens (including phenoxy) is 3. The fourth-order valence-electron chi connectivity index (χ4n) is 4.20. The molecule has 0 aromatic heterocycles. The van der Waals surface area contributed by atoms with Crippen molar-refractivity contribution < 1.29 is 14.2 Å². The van der Waals surface area contributed by atoms with Crippen LogP contribution in [0.2, 0.25) is 0 Å². The molecule has 2 atom stereocenters. The smallest absolute Gasteiger partial charge is 0.165 e. The van der Waals surface area contributed by atoms with E-state index in [-0.39, 0.29) is 24.2 Å². The Bertz CT molecular complexity index is 1010. The average Bonchev–Trinajstić information content (AvgIpc) is 2.82. The van der Waals surface area contributed by atoms with Gasteiger partial charge in [-0.05, 0) is 71.0 Å². The van der Waals surface area contributed by atoms with E-state index < -0.39 is 0 Å². The van der Waals surface area contributed by atoms with Gasteiger partial charge in [-0.25, -0.2) is 0 Å². The Hall–Kier alpha value is -2.98. The van der Waals surface area contributed by atoms with E-state index in [1.54, 1.807) is 7.11 Å². The van der Waals surface area contributed by atoms with Crippen LogP contribution >= 0.6 is 0 Å². The molecular formula is C30H39NO3. The first-order valence-corrected chi connectivity index (χ1v) is 12.2. The summed E-state index contributed by atoms with van der Waals surface area (Å²) in [7, 11) is 3.88. The summed E-state index contributed by atoms with van der Waals surface area (Å²) >= 11 is 0. The van der Waals surface area contributed by atoms with Crippen molar-refractivity contribution in [1.82, 2.24) is 4.90 Å². The molecule has 0 saturated heterocycles. The van der Waals surface area contributed by atoms with Gasteiger partial charge in [0.05, 0.1) is 19.3 Å². The second-order valence-electron chi connectivity index (χ2n) is 9.36. The van der Waals surface area contributed by atoms with Gasteiger partial charge in [-0.1, -0.05) is 54.6 Å². The fourth-order valence-corrected chi connectivity index (χ4v) is 4.20. The maximum absolute atomic E-state index is 6.30. The van der Waals surface area contributed by atoms with Gasteiger partial charge in [0.2, 0.25) is 0 Å². The molecule has 34 heavy (non-hydrogen) atoms. The van der Waals surface area contributed by atoms with E-state index in [0.29, 0.717) is 0 Å². The normalized spacial score (nSPS) is 13.2. The minimum absolute atomic E-state index is 0.0403. The Morgan fingerprint density at radius 3 is 1.94 bits per heavy atom. The molecule has 0 aliphatic heterocycles. The van der Waals surface area contributed by atoms with Crippen LogP contribution in [0, 0.1) is 0 Å². The van der Waals surface area contributed by atoms with E-state index in [1.807, 2.05) is 39.8 Å². The van der Waals surface area contributed by atoms with Gasteiger partial charge in [-0.15, -0.1) is 0 Å². The van der Waals surface area contributed by atoms with E-state index in [0.717, 1.165) is 29.4 Å². The van der Waals surface area contributed by atoms with Gasteiger partial charge in [0, 0.05) is 24.1 Å². The minimum Gasteiger partial charge on any atom is -0.493 e. The van der Waals surface area contributed by atoms with Gasteiger partial charge in [-0.2, -0.15) is 0 Å². The zero-order chi connectivity index (χ0) is 24.7. The number of methoxy groups -OCH3 is 1. The third-order valence-corrected chi connectivity index (χ3v) is 6.03. The highest BCUT2D eigenvalue weighted by Gasteiger charge is 2.25. The fraction of sp³-hybridized carbons (Fsp3) is 0.400. The van der Waals surface area contributed by atoms with Crippen molar-refractivity contribution >= 4 is 0 Å². The number of rotatable bonds is 11. The summed E-state index contributed by atoms with van der Waals surface area (Å²) in [6.45, 7) is 11.3. The predicted molar refractivity (Wildman–Crippen MR) is 140 cm³/mol. The van der Waals surface area contributed by atoms with E-state index in [4.69, 9.17) is 14.2 Å². The Morgan fingerprint density at radius 2 is 1.35 bits per heavy atom. The molecule has 0 N–H and O–H groups in total. The van der Waals surface area contributed by atoms with Gasteiger partial charge in [-0.3, -0.25) is 4.90 Å². The first-order valence-electron chi connectivity index (χ1n) is 12.2. The predicted octanol–water partition coefficient (Wildman–Crippen LogP) is 7.09. The summed E-state index contributed by atoms with van der Waals surface area (Å²) in [5.41, 5.74) is 3.64. The number of hydrogen-bond acceptors (Lipinski definition) is 4. The second kappa shape index (κ2) is 11.9. The second-order valence-corrected chi connectivity index (χ2v) is 9.36. The highest BCUT2D eigenvalue weighted by atomic mass is 16.5. The van der Waals surface area contributed by atoms with Crippen molar-refractivity contribution in [2.24, 2.45) is 0 Å². The van der Waals surface area contributed by atoms with Crippen LogP contribution in [0.25, 0.3) is 0 Å². The van der Waals surface area contributed by atoms with Crippen LogP contribution in [0.5, 0.6) is 17.2 Å². The van der Waals surface area contributed by atoms with Gasteiger partial charge in [0.25, 0.3) is 0 Å². The highest BCUT2D eigenvalue weighted by molar-refractivity contribution is 5.52. The molecule has 0 unspecified atom stereocenters. The van der Waals surface area contributed by atoms with Gasteiger partial charge >= 0.3 is 0 Å². The van der Waals surface area contributed by atoms with Crippen molar-refractivity contribution in [3.63, 3.8) is 0 Å². The molecule has 4 nitrogen and oxygen atoms in total. The van der Waals surface area contributed by atoms with Gasteiger partial charge < -0.3 is 14.2 Å². The summed E-state index contributed by atoms with van der Waals surface area (Å²) in [6, 6.07) is 25.5. The lowest BCUT2D eigenvalue weighted by Gasteiger charge is -2.31. The van der Waals surface area contributed by atoms with Gasteiger partial charge in [0.1, 0.15) is 5.75 Å². The Balaban J connectivity index is 2.02. The lowest BCUT2D eigenvalue weighted by molar-refractivity contribution is 0.221. The van der Waals surface area contributed by atoms with Crippen molar-refractivity contribution in [3.05, 3.63) is 89.5 Å². The summed E-state index contributed by atoms with van der Waals surface area (Å²) < 4.78 is 17.9. The maximum atomic E-state index is 6.30. The monoisotopic (exact) mass is 461 g/mol. The van der Waals surface area contributed by atoms with Crippen LogP contribution < -0.4 is 14.2 Å². The zero-order valence-corrected chi connectivity index (χ0v) is 21.6. The molecule has 0 fully saturated rings. The quantitative estimate of drug-likeness (QED) is 0.305. The Labute approximate surface area is 205 Å². The SMILES string of the molecule is COc1cccc([C@@H](CN(C)[C@H](C)c2ccccc2)c2ccc(OC(C)C)cc2)c1OC(C)C. The topological polar surface area (TPSA) is 30.9 Å². The number of hydrogen-bond donors (Lipinski definition) is 0. The summed E-state index contributed by atoms with van der Waals surface area (Å²) in [5.74, 6) is 2.55. The molecule has 0 aliphatic rings. The molecule has 4 heteroatoms.